The first-order valence-electron chi connectivity index (χ1n) is 11.2. The fourth-order valence-corrected chi connectivity index (χ4v) is 4.76. The van der Waals surface area contributed by atoms with Crippen molar-refractivity contribution in [3.05, 3.63) is 41.3 Å². The zero-order valence-corrected chi connectivity index (χ0v) is 19.7. The summed E-state index contributed by atoms with van der Waals surface area (Å²) < 4.78 is 47.9. The Morgan fingerprint density at radius 1 is 1.27 bits per heavy atom. The zero-order valence-electron chi connectivity index (χ0n) is 18.9. The van der Waals surface area contributed by atoms with Crippen molar-refractivity contribution < 1.29 is 17.8 Å². The minimum Gasteiger partial charge on any atom is -0.356 e. The number of carbonyl (C=O) groups excluding carboxylic acids is 1. The molecular formula is C23H29F2N5O2S. The molecule has 1 aromatic carbocycles. The molecule has 0 bridgehead atoms. The van der Waals surface area contributed by atoms with Crippen molar-refractivity contribution in [2.75, 3.05) is 29.6 Å². The van der Waals surface area contributed by atoms with Crippen LogP contribution in [0.15, 0.2) is 29.2 Å². The van der Waals surface area contributed by atoms with E-state index < -0.39 is 21.6 Å². The first kappa shape index (κ1) is 23.5. The highest BCUT2D eigenvalue weighted by atomic mass is 32.2. The molecule has 1 aromatic heterocycles. The van der Waals surface area contributed by atoms with Crippen molar-refractivity contribution in [2.24, 2.45) is 5.92 Å². The number of nitrogens with zero attached hydrogens (tertiary/aromatic N) is 3. The molecule has 33 heavy (non-hydrogen) atoms. The average molecular weight is 478 g/mol. The third-order valence-corrected chi connectivity index (χ3v) is 7.23. The number of halogens is 2. The van der Waals surface area contributed by atoms with Crippen LogP contribution in [0.1, 0.15) is 54.0 Å². The van der Waals surface area contributed by atoms with E-state index in [1.165, 1.54) is 12.3 Å². The molecule has 1 aliphatic carbocycles. The molecule has 0 radical (unpaired) electrons. The summed E-state index contributed by atoms with van der Waals surface area (Å²) >= 11 is 0. The zero-order chi connectivity index (χ0) is 23.8. The summed E-state index contributed by atoms with van der Waals surface area (Å²) in [7, 11) is -2.94. The highest BCUT2D eigenvalue weighted by Crippen LogP contribution is 2.34. The number of carbonyl (C=O) groups is 1. The largest absolute Gasteiger partial charge is 0.356 e. The van der Waals surface area contributed by atoms with Crippen LogP contribution in [0, 0.1) is 17.6 Å². The van der Waals surface area contributed by atoms with E-state index in [9.17, 15) is 17.8 Å². The van der Waals surface area contributed by atoms with Gasteiger partial charge in [-0.2, -0.15) is 0 Å². The van der Waals surface area contributed by atoms with E-state index in [2.05, 4.69) is 15.3 Å². The molecule has 2 fully saturated rings. The second kappa shape index (κ2) is 8.96. The van der Waals surface area contributed by atoms with Crippen LogP contribution in [0.4, 0.5) is 20.3 Å². The number of aryl methyl sites for hydroxylation is 1. The van der Waals surface area contributed by atoms with Crippen LogP contribution in [-0.4, -0.2) is 45.4 Å². The van der Waals surface area contributed by atoms with Crippen molar-refractivity contribution in [3.63, 3.8) is 0 Å². The Bertz CT molecular complexity index is 1170. The smallest absolute Gasteiger partial charge is 0.261 e. The minimum absolute atomic E-state index is 0.110. The summed E-state index contributed by atoms with van der Waals surface area (Å²) in [6.45, 7) is 2.24. The Kier molecular flexibility index (Phi) is 6.39. The molecule has 4 rings (SSSR count). The van der Waals surface area contributed by atoms with Gasteiger partial charge in [-0.15, -0.1) is 0 Å². The molecule has 7 nitrogen and oxygen atoms in total. The molecule has 1 unspecified atom stereocenters. The van der Waals surface area contributed by atoms with Gasteiger partial charge >= 0.3 is 0 Å². The van der Waals surface area contributed by atoms with Crippen LogP contribution >= 0.6 is 0 Å². The monoisotopic (exact) mass is 477 g/mol. The van der Waals surface area contributed by atoms with E-state index in [1.54, 1.807) is 30.0 Å². The highest BCUT2D eigenvalue weighted by Gasteiger charge is 2.34. The summed E-state index contributed by atoms with van der Waals surface area (Å²) in [5.74, 6) is -1.60. The molecule has 2 N–H and O–H groups in total. The number of nitrogens with one attached hydrogen (secondary N) is 2. The molecule has 2 aliphatic rings. The van der Waals surface area contributed by atoms with Crippen LogP contribution in [-0.2, 0) is 16.1 Å². The Labute approximate surface area is 193 Å². The molecular weight excluding hydrogens is 448 g/mol. The summed E-state index contributed by atoms with van der Waals surface area (Å²) in [6.07, 6.45) is 4.14. The molecule has 1 saturated carbocycles. The summed E-state index contributed by atoms with van der Waals surface area (Å²) in [5.41, 5.74) is 1.16. The number of benzene rings is 1. The Balaban J connectivity index is 1.68. The third kappa shape index (κ3) is 5.85. The van der Waals surface area contributed by atoms with E-state index in [1.807, 2.05) is 0 Å². The lowest BCUT2D eigenvalue weighted by atomic mass is 10.1. The third-order valence-electron chi connectivity index (χ3n) is 6.07. The van der Waals surface area contributed by atoms with Crippen molar-refractivity contribution in [3.8, 4) is 0 Å². The van der Waals surface area contributed by atoms with Crippen LogP contribution < -0.4 is 10.2 Å². The lowest BCUT2D eigenvalue weighted by Crippen LogP contribution is -2.31. The summed E-state index contributed by atoms with van der Waals surface area (Å²) in [4.78, 5) is 24.7. The first-order valence-corrected chi connectivity index (χ1v) is 13.1. The number of hydrogen-bond donors (Lipinski definition) is 2. The molecule has 0 spiro atoms. The second-order valence-corrected chi connectivity index (χ2v) is 11.3. The van der Waals surface area contributed by atoms with Gasteiger partial charge in [0.25, 0.3) is 5.91 Å². The molecule has 1 atom stereocenters. The lowest BCUT2D eigenvalue weighted by Gasteiger charge is -2.25. The number of anilines is 2. The first-order chi connectivity index (χ1) is 15.5. The van der Waals surface area contributed by atoms with E-state index in [4.69, 9.17) is 4.78 Å². The summed E-state index contributed by atoms with van der Waals surface area (Å²) in [5, 5.41) is 2.79. The Morgan fingerprint density at radius 3 is 2.73 bits per heavy atom. The van der Waals surface area contributed by atoms with Crippen molar-refractivity contribution in [1.29, 1.82) is 4.78 Å². The number of alkyl halides is 2. The van der Waals surface area contributed by atoms with Crippen LogP contribution in [0.5, 0.6) is 0 Å². The van der Waals surface area contributed by atoms with Crippen LogP contribution in [0.3, 0.4) is 0 Å². The molecule has 1 aliphatic heterocycles. The van der Waals surface area contributed by atoms with Crippen molar-refractivity contribution in [1.82, 2.24) is 9.97 Å². The molecule has 2 heterocycles. The standard InChI is InChI=1S/C23H29F2N5O2S/c1-15-20(22(31)28-17-5-3-6-18(14-17)33(2,26)32)21(29-19(27-15)13-16-7-8-16)30-11-4-9-23(24,25)10-12-30/h3,5-6,14,16,26H,4,7-13H2,1-2H3,(H,28,31). The maximum Gasteiger partial charge on any atom is 0.261 e. The van der Waals surface area contributed by atoms with Gasteiger partial charge in [0.15, 0.2) is 0 Å². The maximum atomic E-state index is 14.0. The van der Waals surface area contributed by atoms with Gasteiger partial charge in [-0.3, -0.25) is 4.79 Å². The quantitative estimate of drug-likeness (QED) is 0.631. The predicted octanol–water partition coefficient (Wildman–Crippen LogP) is 4.65. The topological polar surface area (TPSA) is 99.0 Å². The maximum absolute atomic E-state index is 14.0. The van der Waals surface area contributed by atoms with Crippen LogP contribution in [0.25, 0.3) is 0 Å². The normalized spacial score (nSPS) is 20.1. The van der Waals surface area contributed by atoms with Gasteiger partial charge in [0.1, 0.15) is 17.2 Å². The average Bonchev–Trinajstić information content (AvgIpc) is 3.54. The number of hydrogen-bond acceptors (Lipinski definition) is 6. The van der Waals surface area contributed by atoms with Gasteiger partial charge in [0.2, 0.25) is 5.92 Å². The van der Waals surface area contributed by atoms with Gasteiger partial charge in [0, 0.05) is 49.2 Å². The number of aromatic nitrogens is 2. The second-order valence-electron chi connectivity index (χ2n) is 9.09. The van der Waals surface area contributed by atoms with E-state index in [0.717, 1.165) is 19.3 Å². The predicted molar refractivity (Wildman–Crippen MR) is 124 cm³/mol. The highest BCUT2D eigenvalue weighted by molar-refractivity contribution is 7.91. The Morgan fingerprint density at radius 2 is 2.03 bits per heavy atom. The SMILES string of the molecule is Cc1nc(CC2CC2)nc(N2CCCC(F)(F)CC2)c1C(=O)Nc1cccc(S(C)(=N)=O)c1. The van der Waals surface area contributed by atoms with E-state index in [0.29, 0.717) is 46.8 Å². The molecule has 1 amide bonds. The van der Waals surface area contributed by atoms with Gasteiger partial charge < -0.3 is 10.2 Å². The summed E-state index contributed by atoms with van der Waals surface area (Å²) in [6, 6.07) is 6.37. The Hall–Kier alpha value is -2.62. The van der Waals surface area contributed by atoms with Gasteiger partial charge in [-0.25, -0.2) is 27.7 Å². The van der Waals surface area contributed by atoms with Gasteiger partial charge in [0.05, 0.1) is 15.4 Å². The molecule has 10 heteroatoms. The fraction of sp³-hybridized carbons (Fsp3) is 0.522. The molecule has 1 saturated heterocycles. The lowest BCUT2D eigenvalue weighted by molar-refractivity contribution is -0.0102. The molecule has 2 aromatic rings. The number of rotatable bonds is 6. The van der Waals surface area contributed by atoms with Gasteiger partial charge in [-0.05, 0) is 50.3 Å². The van der Waals surface area contributed by atoms with E-state index >= 15 is 0 Å². The fourth-order valence-electron chi connectivity index (χ4n) is 4.07. The van der Waals surface area contributed by atoms with E-state index in [-0.39, 0.29) is 24.9 Å². The van der Waals surface area contributed by atoms with Gasteiger partial charge in [-0.1, -0.05) is 6.07 Å². The minimum atomic E-state index is -2.94. The van der Waals surface area contributed by atoms with Crippen molar-refractivity contribution in [2.45, 2.75) is 56.3 Å². The molecule has 178 valence electrons. The van der Waals surface area contributed by atoms with Crippen molar-refractivity contribution >= 4 is 27.1 Å². The number of amides is 1. The van der Waals surface area contributed by atoms with Crippen LogP contribution in [0.2, 0.25) is 0 Å².